The van der Waals surface area contributed by atoms with Crippen molar-refractivity contribution in [2.24, 2.45) is 4.99 Å². The van der Waals surface area contributed by atoms with Crippen LogP contribution in [0.25, 0.3) is 0 Å². The van der Waals surface area contributed by atoms with Crippen molar-refractivity contribution in [2.45, 2.75) is 31.7 Å². The van der Waals surface area contributed by atoms with Crippen LogP contribution < -0.4 is 16.0 Å². The van der Waals surface area contributed by atoms with Crippen LogP contribution in [0.3, 0.4) is 0 Å². The van der Waals surface area contributed by atoms with E-state index in [4.69, 9.17) is 0 Å². The first-order chi connectivity index (χ1) is 9.78. The molecule has 0 atom stereocenters. The highest BCUT2D eigenvalue weighted by molar-refractivity contribution is 14.0. The fraction of sp³-hybridized carbons (Fsp3) is 0.500. The van der Waals surface area contributed by atoms with E-state index in [1.807, 2.05) is 0 Å². The Labute approximate surface area is 142 Å². The first-order valence-corrected chi connectivity index (χ1v) is 6.95. The molecule has 6 nitrogen and oxygen atoms in total. The molecule has 1 aliphatic carbocycles. The van der Waals surface area contributed by atoms with Crippen LogP contribution in [0.1, 0.15) is 25.7 Å². The number of nitrogens with one attached hydrogen (secondary N) is 3. The van der Waals surface area contributed by atoms with Crippen molar-refractivity contribution in [1.82, 2.24) is 15.6 Å². The van der Waals surface area contributed by atoms with Crippen molar-refractivity contribution >= 4 is 41.5 Å². The SMILES string of the molecule is CN=C(NCC(=O)Nc1cccnc1)NC1CCCC1.I. The lowest BCUT2D eigenvalue weighted by Crippen LogP contribution is -2.45. The van der Waals surface area contributed by atoms with Crippen molar-refractivity contribution in [3.63, 3.8) is 0 Å². The highest BCUT2D eigenvalue weighted by atomic mass is 127. The van der Waals surface area contributed by atoms with Crippen LogP contribution in [0.15, 0.2) is 29.5 Å². The van der Waals surface area contributed by atoms with Gasteiger partial charge < -0.3 is 16.0 Å². The van der Waals surface area contributed by atoms with Crippen molar-refractivity contribution in [3.8, 4) is 0 Å². The first-order valence-electron chi connectivity index (χ1n) is 6.95. The Morgan fingerprint density at radius 3 is 2.81 bits per heavy atom. The van der Waals surface area contributed by atoms with Crippen LogP contribution in [0.5, 0.6) is 0 Å². The van der Waals surface area contributed by atoms with E-state index in [1.165, 1.54) is 25.7 Å². The number of amides is 1. The van der Waals surface area contributed by atoms with Crippen molar-refractivity contribution in [2.75, 3.05) is 18.9 Å². The van der Waals surface area contributed by atoms with E-state index >= 15 is 0 Å². The van der Waals surface area contributed by atoms with Crippen molar-refractivity contribution < 1.29 is 4.79 Å². The van der Waals surface area contributed by atoms with Crippen LogP contribution in [0, 0.1) is 0 Å². The number of pyridine rings is 1. The third-order valence-electron chi connectivity index (χ3n) is 3.28. The van der Waals surface area contributed by atoms with Crippen LogP contribution in [0.4, 0.5) is 5.69 Å². The Kier molecular flexibility index (Phi) is 8.03. The zero-order valence-electron chi connectivity index (χ0n) is 12.1. The van der Waals surface area contributed by atoms with E-state index in [-0.39, 0.29) is 36.4 Å². The zero-order chi connectivity index (χ0) is 14.2. The summed E-state index contributed by atoms with van der Waals surface area (Å²) < 4.78 is 0. The number of anilines is 1. The van der Waals surface area contributed by atoms with E-state index in [0.29, 0.717) is 17.7 Å². The van der Waals surface area contributed by atoms with E-state index in [2.05, 4.69) is 25.9 Å². The van der Waals surface area contributed by atoms with Gasteiger partial charge in [0.25, 0.3) is 0 Å². The zero-order valence-corrected chi connectivity index (χ0v) is 14.5. The molecule has 0 aromatic carbocycles. The molecule has 2 rings (SSSR count). The molecule has 1 heterocycles. The van der Waals surface area contributed by atoms with Crippen LogP contribution in [0.2, 0.25) is 0 Å². The summed E-state index contributed by atoms with van der Waals surface area (Å²) in [6, 6.07) is 4.06. The average Bonchev–Trinajstić information content (AvgIpc) is 2.97. The van der Waals surface area contributed by atoms with E-state index in [1.54, 1.807) is 31.6 Å². The monoisotopic (exact) mass is 403 g/mol. The molecule has 1 aliphatic rings. The minimum atomic E-state index is -0.118. The second-order valence-electron chi connectivity index (χ2n) is 4.84. The highest BCUT2D eigenvalue weighted by Crippen LogP contribution is 2.17. The number of carbonyl (C=O) groups excluding carboxylic acids is 1. The van der Waals surface area contributed by atoms with Crippen molar-refractivity contribution in [3.05, 3.63) is 24.5 Å². The summed E-state index contributed by atoms with van der Waals surface area (Å²) in [5, 5.41) is 9.12. The predicted molar refractivity (Wildman–Crippen MR) is 95.0 cm³/mol. The molecule has 0 aliphatic heterocycles. The van der Waals surface area contributed by atoms with Crippen LogP contribution >= 0.6 is 24.0 Å². The predicted octanol–water partition coefficient (Wildman–Crippen LogP) is 1.75. The maximum atomic E-state index is 11.8. The van der Waals surface area contributed by atoms with Gasteiger partial charge in [0, 0.05) is 19.3 Å². The lowest BCUT2D eigenvalue weighted by atomic mass is 10.2. The average molecular weight is 403 g/mol. The quantitative estimate of drug-likeness (QED) is 0.407. The topological polar surface area (TPSA) is 78.4 Å². The summed E-state index contributed by atoms with van der Waals surface area (Å²) in [6.45, 7) is 0.182. The molecular weight excluding hydrogens is 381 g/mol. The molecule has 0 saturated heterocycles. The summed E-state index contributed by atoms with van der Waals surface area (Å²) in [5.41, 5.74) is 0.693. The number of rotatable bonds is 4. The van der Waals surface area contributed by atoms with Gasteiger partial charge in [-0.1, -0.05) is 12.8 Å². The third kappa shape index (κ3) is 6.28. The van der Waals surface area contributed by atoms with Gasteiger partial charge in [-0.25, -0.2) is 0 Å². The molecule has 116 valence electrons. The molecule has 0 bridgehead atoms. The number of halogens is 1. The second kappa shape index (κ2) is 9.54. The first kappa shape index (κ1) is 17.7. The standard InChI is InChI=1S/C14H21N5O.HI/c1-15-14(19-11-5-2-3-6-11)17-10-13(20)18-12-7-4-8-16-9-12;/h4,7-9,11H,2-3,5-6,10H2,1H3,(H,18,20)(H2,15,17,19);1H. The number of hydrogen-bond acceptors (Lipinski definition) is 3. The molecule has 1 amide bonds. The third-order valence-corrected chi connectivity index (χ3v) is 3.28. The molecule has 1 fully saturated rings. The van der Waals surface area contributed by atoms with Gasteiger partial charge in [0.1, 0.15) is 0 Å². The van der Waals surface area contributed by atoms with Gasteiger partial charge in [-0.15, -0.1) is 24.0 Å². The largest absolute Gasteiger partial charge is 0.354 e. The fourth-order valence-corrected chi connectivity index (χ4v) is 2.26. The second-order valence-corrected chi connectivity index (χ2v) is 4.84. The molecule has 0 radical (unpaired) electrons. The van der Waals surface area contributed by atoms with Gasteiger partial charge in [-0.2, -0.15) is 0 Å². The van der Waals surface area contributed by atoms with E-state index in [0.717, 1.165) is 0 Å². The Hall–Kier alpha value is -1.38. The Morgan fingerprint density at radius 1 is 1.43 bits per heavy atom. The molecule has 21 heavy (non-hydrogen) atoms. The maximum Gasteiger partial charge on any atom is 0.243 e. The number of aliphatic imine (C=N–C) groups is 1. The van der Waals surface area contributed by atoms with Gasteiger partial charge in [0.05, 0.1) is 18.4 Å². The number of guanidine groups is 1. The van der Waals surface area contributed by atoms with Gasteiger partial charge >= 0.3 is 0 Å². The minimum Gasteiger partial charge on any atom is -0.354 e. The highest BCUT2D eigenvalue weighted by Gasteiger charge is 2.16. The van der Waals surface area contributed by atoms with Crippen LogP contribution in [-0.2, 0) is 4.79 Å². The Balaban J connectivity index is 0.00000220. The number of nitrogens with zero attached hydrogens (tertiary/aromatic N) is 2. The maximum absolute atomic E-state index is 11.8. The molecule has 0 unspecified atom stereocenters. The Morgan fingerprint density at radius 2 is 2.19 bits per heavy atom. The summed E-state index contributed by atoms with van der Waals surface area (Å²) in [6.07, 6.45) is 8.14. The lowest BCUT2D eigenvalue weighted by molar-refractivity contribution is -0.115. The van der Waals surface area contributed by atoms with Gasteiger partial charge in [-0.3, -0.25) is 14.8 Å². The molecule has 7 heteroatoms. The molecular formula is C14H22IN5O. The number of carbonyl (C=O) groups is 1. The molecule has 3 N–H and O–H groups in total. The summed E-state index contributed by atoms with van der Waals surface area (Å²) >= 11 is 0. The lowest BCUT2D eigenvalue weighted by Gasteiger charge is -2.16. The summed E-state index contributed by atoms with van der Waals surface area (Å²) in [5.74, 6) is 0.561. The number of hydrogen-bond donors (Lipinski definition) is 3. The fourth-order valence-electron chi connectivity index (χ4n) is 2.26. The van der Waals surface area contributed by atoms with E-state index in [9.17, 15) is 4.79 Å². The Bertz CT molecular complexity index is 460. The van der Waals surface area contributed by atoms with Crippen LogP contribution in [-0.4, -0.2) is 36.5 Å². The molecule has 0 spiro atoms. The van der Waals surface area contributed by atoms with Crippen molar-refractivity contribution in [1.29, 1.82) is 0 Å². The number of aromatic nitrogens is 1. The smallest absolute Gasteiger partial charge is 0.243 e. The summed E-state index contributed by atoms with van der Waals surface area (Å²) in [4.78, 5) is 19.9. The normalized spacial score (nSPS) is 15.2. The van der Waals surface area contributed by atoms with Gasteiger partial charge in [0.2, 0.25) is 5.91 Å². The van der Waals surface area contributed by atoms with E-state index < -0.39 is 0 Å². The minimum absolute atomic E-state index is 0. The van der Waals surface area contributed by atoms with Gasteiger partial charge in [0.15, 0.2) is 5.96 Å². The molecule has 1 aromatic rings. The van der Waals surface area contributed by atoms with Gasteiger partial charge in [-0.05, 0) is 25.0 Å². The summed E-state index contributed by atoms with van der Waals surface area (Å²) in [7, 11) is 1.71. The molecule has 1 saturated carbocycles. The molecule has 1 aromatic heterocycles.